The molecule has 0 aliphatic heterocycles. The minimum absolute atomic E-state index is 0.00282. The van der Waals surface area contributed by atoms with E-state index in [4.69, 9.17) is 14.6 Å². The second-order valence-corrected chi connectivity index (χ2v) is 10.1. The smallest absolute Gasteiger partial charge is 0.255 e. The highest BCUT2D eigenvalue weighted by atomic mass is 19.1. The van der Waals surface area contributed by atoms with Crippen molar-refractivity contribution in [2.45, 2.75) is 57.5 Å². The monoisotopic (exact) mass is 525 g/mol. The maximum atomic E-state index is 14.6. The van der Waals surface area contributed by atoms with Gasteiger partial charge in [0.25, 0.3) is 5.91 Å². The molecule has 2 saturated carbocycles. The van der Waals surface area contributed by atoms with Gasteiger partial charge < -0.3 is 30.2 Å². The lowest BCUT2D eigenvalue weighted by molar-refractivity contribution is -0.124. The molecule has 5 rings (SSSR count). The number of halogens is 1. The fraction of sp³-hybridized carbons (Fsp3) is 0.481. The van der Waals surface area contributed by atoms with Crippen LogP contribution in [-0.2, 0) is 4.79 Å². The van der Waals surface area contributed by atoms with Gasteiger partial charge in [-0.05, 0) is 57.4 Å². The zero-order chi connectivity index (χ0) is 26.8. The molecule has 0 bridgehead atoms. The summed E-state index contributed by atoms with van der Waals surface area (Å²) in [7, 11) is 1.40. The number of aliphatic hydroxyl groups excluding tert-OH is 1. The number of carbonyl (C=O) groups excluding carboxylic acids is 2. The fourth-order valence-corrected chi connectivity index (χ4v) is 5.00. The fourth-order valence-electron chi connectivity index (χ4n) is 5.00. The second kappa shape index (κ2) is 10.9. The number of ether oxygens (including phenoxy) is 2. The molecule has 202 valence electrons. The first-order chi connectivity index (χ1) is 18.4. The summed E-state index contributed by atoms with van der Waals surface area (Å²) in [6, 6.07) is 2.83. The number of carbonyl (C=O) groups is 2. The summed E-state index contributed by atoms with van der Waals surface area (Å²) in [5.74, 6) is -0.260. The minimum Gasteiger partial charge on any atom is -0.494 e. The zero-order valence-corrected chi connectivity index (χ0v) is 21.5. The van der Waals surface area contributed by atoms with Crippen molar-refractivity contribution in [1.29, 1.82) is 0 Å². The van der Waals surface area contributed by atoms with Gasteiger partial charge in [0.1, 0.15) is 29.9 Å². The largest absolute Gasteiger partial charge is 0.494 e. The first-order valence-electron chi connectivity index (χ1n) is 12.9. The molecule has 2 amide bonds. The summed E-state index contributed by atoms with van der Waals surface area (Å²) < 4.78 is 25.8. The van der Waals surface area contributed by atoms with Crippen molar-refractivity contribution >= 4 is 22.8 Å². The minimum atomic E-state index is -0.529. The summed E-state index contributed by atoms with van der Waals surface area (Å²) in [5.41, 5.74) is 3.11. The van der Waals surface area contributed by atoms with Crippen LogP contribution in [-0.4, -0.2) is 64.3 Å². The first kappa shape index (κ1) is 25.9. The Morgan fingerprint density at radius 1 is 1.08 bits per heavy atom. The molecule has 0 saturated heterocycles. The number of methoxy groups -OCH3 is 1. The van der Waals surface area contributed by atoms with Gasteiger partial charge in [0.2, 0.25) is 5.91 Å². The number of hydrogen-bond acceptors (Lipinski definition) is 7. The van der Waals surface area contributed by atoms with Crippen molar-refractivity contribution < 1.29 is 28.6 Å². The molecule has 2 fully saturated rings. The molecule has 0 spiro atoms. The summed E-state index contributed by atoms with van der Waals surface area (Å²) in [4.78, 5) is 37.0. The van der Waals surface area contributed by atoms with Gasteiger partial charge >= 0.3 is 0 Å². The standard InChI is InChI=1S/C27H32FN5O5/c1-14-23(27(36)33-17-7-5-16(6-8-17)32-22(35)11-34)25-26(31-14)24(29-13-30-25)18-9-21(37-2)19(28)10-20(18)38-12-15-3-4-15/h9-10,13,15-17,31,34H,3-8,11-12H2,1-2H3,(H,32,35)(H,33,36). The Bertz CT molecular complexity index is 1350. The normalized spacial score (nSPS) is 19.3. The van der Waals surface area contributed by atoms with Gasteiger partial charge in [-0.2, -0.15) is 0 Å². The number of hydrogen-bond donors (Lipinski definition) is 4. The van der Waals surface area contributed by atoms with E-state index in [9.17, 15) is 14.0 Å². The maximum Gasteiger partial charge on any atom is 0.255 e. The van der Waals surface area contributed by atoms with E-state index in [-0.39, 0.29) is 29.6 Å². The summed E-state index contributed by atoms with van der Waals surface area (Å²) in [6.07, 6.45) is 6.43. The van der Waals surface area contributed by atoms with Gasteiger partial charge in [-0.1, -0.05) is 0 Å². The first-order valence-corrected chi connectivity index (χ1v) is 12.9. The highest BCUT2D eigenvalue weighted by Crippen LogP contribution is 2.39. The van der Waals surface area contributed by atoms with Crippen LogP contribution in [0.25, 0.3) is 22.3 Å². The summed E-state index contributed by atoms with van der Waals surface area (Å²) >= 11 is 0. The van der Waals surface area contributed by atoms with Crippen LogP contribution in [0.5, 0.6) is 11.5 Å². The van der Waals surface area contributed by atoms with Crippen molar-refractivity contribution in [1.82, 2.24) is 25.6 Å². The van der Waals surface area contributed by atoms with Gasteiger partial charge in [-0.25, -0.2) is 14.4 Å². The second-order valence-electron chi connectivity index (χ2n) is 10.1. The highest BCUT2D eigenvalue weighted by Gasteiger charge is 2.28. The molecule has 1 aromatic carbocycles. The van der Waals surface area contributed by atoms with Gasteiger partial charge in [0.15, 0.2) is 11.6 Å². The molecule has 38 heavy (non-hydrogen) atoms. The van der Waals surface area contributed by atoms with E-state index in [1.807, 2.05) is 0 Å². The topological polar surface area (TPSA) is 138 Å². The van der Waals surface area contributed by atoms with Gasteiger partial charge in [0.05, 0.1) is 24.8 Å². The van der Waals surface area contributed by atoms with Crippen LogP contribution in [0.15, 0.2) is 18.5 Å². The van der Waals surface area contributed by atoms with Crippen LogP contribution >= 0.6 is 0 Å². The van der Waals surface area contributed by atoms with Gasteiger partial charge in [-0.15, -0.1) is 0 Å². The van der Waals surface area contributed by atoms with Crippen molar-refractivity contribution in [3.8, 4) is 22.8 Å². The molecule has 3 aromatic rings. The highest BCUT2D eigenvalue weighted by molar-refractivity contribution is 6.09. The Balaban J connectivity index is 1.40. The van der Waals surface area contributed by atoms with Crippen molar-refractivity contribution in [2.24, 2.45) is 5.92 Å². The van der Waals surface area contributed by atoms with Crippen molar-refractivity contribution in [2.75, 3.05) is 20.3 Å². The van der Waals surface area contributed by atoms with E-state index in [1.165, 1.54) is 19.5 Å². The van der Waals surface area contributed by atoms with Crippen LogP contribution < -0.4 is 20.1 Å². The molecule has 11 heteroatoms. The van der Waals surface area contributed by atoms with Crippen LogP contribution in [0.4, 0.5) is 4.39 Å². The number of aliphatic hydroxyl groups is 1. The molecule has 2 aliphatic carbocycles. The SMILES string of the molecule is COc1cc(-c2ncnc3c(C(=O)NC4CCC(NC(=O)CO)CC4)c(C)[nH]c23)c(OCC2CC2)cc1F. The van der Waals surface area contributed by atoms with E-state index < -0.39 is 12.4 Å². The number of fused-ring (bicyclic) bond motifs is 1. The van der Waals surface area contributed by atoms with Crippen LogP contribution in [0.3, 0.4) is 0 Å². The lowest BCUT2D eigenvalue weighted by Gasteiger charge is -2.29. The molecule has 2 aliphatic rings. The summed E-state index contributed by atoms with van der Waals surface area (Å²) in [5, 5.41) is 14.8. The molecular formula is C27H32FN5O5. The third-order valence-electron chi connectivity index (χ3n) is 7.25. The van der Waals surface area contributed by atoms with Crippen LogP contribution in [0, 0.1) is 18.7 Å². The lowest BCUT2D eigenvalue weighted by Crippen LogP contribution is -2.44. The van der Waals surface area contributed by atoms with E-state index in [0.29, 0.717) is 77.5 Å². The third kappa shape index (κ3) is 5.42. The Morgan fingerprint density at radius 2 is 1.79 bits per heavy atom. The molecule has 0 unspecified atom stereocenters. The molecule has 0 radical (unpaired) electrons. The number of aryl methyl sites for hydroxylation is 1. The number of benzene rings is 1. The van der Waals surface area contributed by atoms with Crippen LogP contribution in [0.1, 0.15) is 54.6 Å². The van der Waals surface area contributed by atoms with E-state index in [2.05, 4.69) is 25.6 Å². The molecule has 2 heterocycles. The number of H-pyrrole nitrogens is 1. The van der Waals surface area contributed by atoms with E-state index in [0.717, 1.165) is 12.8 Å². The number of aromatic nitrogens is 3. The number of amides is 2. The Labute approximate surface area is 219 Å². The number of aromatic amines is 1. The molecule has 4 N–H and O–H groups in total. The van der Waals surface area contributed by atoms with Crippen molar-refractivity contribution in [3.63, 3.8) is 0 Å². The lowest BCUT2D eigenvalue weighted by atomic mass is 9.91. The third-order valence-corrected chi connectivity index (χ3v) is 7.25. The average Bonchev–Trinajstić information content (AvgIpc) is 3.68. The molecule has 2 aromatic heterocycles. The predicted molar refractivity (Wildman–Crippen MR) is 138 cm³/mol. The molecule has 0 atom stereocenters. The molecule has 10 nitrogen and oxygen atoms in total. The summed E-state index contributed by atoms with van der Waals surface area (Å²) in [6.45, 7) is 1.77. The number of rotatable bonds is 9. The zero-order valence-electron chi connectivity index (χ0n) is 21.5. The Hall–Kier alpha value is -3.73. The van der Waals surface area contributed by atoms with Crippen LogP contribution in [0.2, 0.25) is 0 Å². The maximum absolute atomic E-state index is 14.6. The number of nitrogens with zero attached hydrogens (tertiary/aromatic N) is 2. The van der Waals surface area contributed by atoms with Gasteiger partial charge in [-0.3, -0.25) is 9.59 Å². The predicted octanol–water partition coefficient (Wildman–Crippen LogP) is 3.02. The number of nitrogens with one attached hydrogen (secondary N) is 3. The van der Waals surface area contributed by atoms with Gasteiger partial charge in [0, 0.05) is 29.4 Å². The van der Waals surface area contributed by atoms with E-state index in [1.54, 1.807) is 13.0 Å². The Morgan fingerprint density at radius 3 is 2.45 bits per heavy atom. The Kier molecular flexibility index (Phi) is 7.46. The van der Waals surface area contributed by atoms with Crippen molar-refractivity contribution in [3.05, 3.63) is 35.5 Å². The van der Waals surface area contributed by atoms with E-state index >= 15 is 0 Å². The molecular weight excluding hydrogens is 493 g/mol. The average molecular weight is 526 g/mol. The quantitative estimate of drug-likeness (QED) is 0.337.